The molecular weight excluding hydrogens is 667 g/mol. The highest BCUT2D eigenvalue weighted by Gasteiger charge is 2.20. The Balaban J connectivity index is 1.74. The van der Waals surface area contributed by atoms with Crippen LogP contribution < -0.4 is 16.4 Å². The SMILES string of the molecule is CCCCCCCCCCCCCCOCC(CNC(=O)C(CCCCN)NCc1ccc2ccccc2c1)OCCCCCCCCCCCCCC. The van der Waals surface area contributed by atoms with Crippen LogP contribution >= 0.6 is 0 Å². The van der Waals surface area contributed by atoms with Crippen molar-refractivity contribution in [2.45, 2.75) is 206 Å². The summed E-state index contributed by atoms with van der Waals surface area (Å²) in [5, 5.41) is 9.24. The minimum absolute atomic E-state index is 0.0349. The van der Waals surface area contributed by atoms with Gasteiger partial charge >= 0.3 is 0 Å². The van der Waals surface area contributed by atoms with Gasteiger partial charge < -0.3 is 25.8 Å². The Bertz CT molecular complexity index is 1130. The molecule has 2 rings (SSSR count). The summed E-state index contributed by atoms with van der Waals surface area (Å²) < 4.78 is 12.5. The largest absolute Gasteiger partial charge is 0.379 e. The molecule has 0 saturated carbocycles. The van der Waals surface area contributed by atoms with Crippen molar-refractivity contribution in [2.75, 3.05) is 32.9 Å². The minimum atomic E-state index is -0.276. The van der Waals surface area contributed by atoms with Crippen molar-refractivity contribution in [3.63, 3.8) is 0 Å². The number of carbonyl (C=O) groups excluding carboxylic acids is 1. The van der Waals surface area contributed by atoms with Gasteiger partial charge in [-0.3, -0.25) is 4.79 Å². The summed E-state index contributed by atoms with van der Waals surface area (Å²) in [7, 11) is 0. The second kappa shape index (κ2) is 35.4. The molecule has 0 radical (unpaired) electrons. The van der Waals surface area contributed by atoms with Crippen LogP contribution in [0, 0.1) is 0 Å². The van der Waals surface area contributed by atoms with E-state index in [9.17, 15) is 4.79 Å². The molecule has 0 spiro atoms. The van der Waals surface area contributed by atoms with Crippen molar-refractivity contribution in [2.24, 2.45) is 5.73 Å². The molecule has 0 bridgehead atoms. The van der Waals surface area contributed by atoms with Gasteiger partial charge in [0.05, 0.1) is 18.8 Å². The van der Waals surface area contributed by atoms with Crippen molar-refractivity contribution in [1.82, 2.24) is 10.6 Å². The van der Waals surface area contributed by atoms with E-state index in [-0.39, 0.29) is 18.1 Å². The van der Waals surface area contributed by atoms with E-state index in [0.717, 1.165) is 45.3 Å². The van der Waals surface area contributed by atoms with E-state index in [0.29, 0.717) is 26.2 Å². The molecule has 54 heavy (non-hydrogen) atoms. The van der Waals surface area contributed by atoms with Gasteiger partial charge in [-0.1, -0.05) is 198 Å². The van der Waals surface area contributed by atoms with Gasteiger partial charge in [0.1, 0.15) is 0 Å². The molecule has 0 saturated heterocycles. The highest BCUT2D eigenvalue weighted by atomic mass is 16.5. The molecule has 0 aliphatic rings. The number of nitrogens with one attached hydrogen (secondary N) is 2. The maximum Gasteiger partial charge on any atom is 0.237 e. The smallest absolute Gasteiger partial charge is 0.237 e. The number of ether oxygens (including phenoxy) is 2. The van der Waals surface area contributed by atoms with Gasteiger partial charge in [-0.15, -0.1) is 0 Å². The van der Waals surface area contributed by atoms with Crippen LogP contribution in [0.5, 0.6) is 0 Å². The fourth-order valence-electron chi connectivity index (χ4n) is 7.36. The van der Waals surface area contributed by atoms with Crippen LogP contribution in [0.15, 0.2) is 42.5 Å². The molecule has 6 heteroatoms. The van der Waals surface area contributed by atoms with E-state index < -0.39 is 0 Å². The zero-order valence-electron chi connectivity index (χ0n) is 35.3. The molecule has 0 heterocycles. The number of amides is 1. The van der Waals surface area contributed by atoms with Gasteiger partial charge in [-0.05, 0) is 54.6 Å². The number of hydrogen-bond donors (Lipinski definition) is 3. The van der Waals surface area contributed by atoms with E-state index in [2.05, 4.69) is 66.9 Å². The van der Waals surface area contributed by atoms with E-state index >= 15 is 0 Å². The Kier molecular flexibility index (Phi) is 31.6. The number of fused-ring (bicyclic) bond motifs is 1. The number of nitrogens with two attached hydrogens (primary N) is 1. The first-order valence-electron chi connectivity index (χ1n) is 23.1. The average molecular weight is 752 g/mol. The van der Waals surface area contributed by atoms with E-state index in [1.807, 2.05) is 0 Å². The lowest BCUT2D eigenvalue weighted by Gasteiger charge is -2.22. The van der Waals surface area contributed by atoms with Gasteiger partial charge in [0.25, 0.3) is 0 Å². The second-order valence-corrected chi connectivity index (χ2v) is 16.0. The molecule has 1 amide bonds. The van der Waals surface area contributed by atoms with Gasteiger partial charge in [-0.2, -0.15) is 0 Å². The normalized spacial score (nSPS) is 12.7. The zero-order valence-corrected chi connectivity index (χ0v) is 35.3. The molecule has 0 fully saturated rings. The lowest BCUT2D eigenvalue weighted by atomic mass is 10.1. The Morgan fingerprint density at radius 1 is 0.611 bits per heavy atom. The van der Waals surface area contributed by atoms with Crippen LogP contribution in [0.3, 0.4) is 0 Å². The summed E-state index contributed by atoms with van der Waals surface area (Å²) in [6, 6.07) is 14.7. The number of benzene rings is 2. The fraction of sp³-hybridized carbons (Fsp3) is 0.771. The molecule has 2 aromatic rings. The number of unbranched alkanes of at least 4 members (excludes halogenated alkanes) is 23. The second-order valence-electron chi connectivity index (χ2n) is 16.0. The van der Waals surface area contributed by atoms with E-state index in [1.54, 1.807) is 0 Å². The third-order valence-corrected chi connectivity index (χ3v) is 10.9. The summed E-state index contributed by atoms with van der Waals surface area (Å²) in [6.45, 7) is 8.34. The Hall–Kier alpha value is -1.99. The number of carbonyl (C=O) groups is 1. The summed E-state index contributed by atoms with van der Waals surface area (Å²) in [5.41, 5.74) is 6.99. The van der Waals surface area contributed by atoms with Gasteiger partial charge in [0.2, 0.25) is 5.91 Å². The predicted octanol–water partition coefficient (Wildman–Crippen LogP) is 12.3. The third kappa shape index (κ3) is 26.0. The molecule has 310 valence electrons. The zero-order chi connectivity index (χ0) is 38.6. The first-order chi connectivity index (χ1) is 26.7. The number of hydrogen-bond acceptors (Lipinski definition) is 5. The Morgan fingerprint density at radius 2 is 1.13 bits per heavy atom. The molecule has 6 nitrogen and oxygen atoms in total. The molecule has 2 atom stereocenters. The molecule has 2 unspecified atom stereocenters. The Morgan fingerprint density at radius 3 is 1.69 bits per heavy atom. The molecule has 4 N–H and O–H groups in total. The van der Waals surface area contributed by atoms with Gasteiger partial charge in [0, 0.05) is 26.3 Å². The highest BCUT2D eigenvalue weighted by molar-refractivity contribution is 5.83. The van der Waals surface area contributed by atoms with Crippen molar-refractivity contribution in [3.05, 3.63) is 48.0 Å². The molecule has 0 aliphatic carbocycles. The molecule has 0 aromatic heterocycles. The monoisotopic (exact) mass is 752 g/mol. The first kappa shape index (κ1) is 48.2. The standard InChI is InChI=1S/C48H85N3O3/c1-3-5-7-9-11-13-15-17-19-21-23-29-37-53-42-46(54-38-30-24-22-20-18-16-14-12-10-8-6-4-2)41-51-48(52)47(33-27-28-36-49)50-40-43-34-35-44-31-25-26-32-45(44)39-43/h25-26,31-32,34-35,39,46-47,50H,3-24,27-30,33,36-38,40-42,49H2,1-2H3,(H,51,52). The predicted molar refractivity (Wildman–Crippen MR) is 233 cm³/mol. The third-order valence-electron chi connectivity index (χ3n) is 10.9. The quantitative estimate of drug-likeness (QED) is 0.0592. The fourth-order valence-corrected chi connectivity index (χ4v) is 7.36. The van der Waals surface area contributed by atoms with Gasteiger partial charge in [-0.25, -0.2) is 0 Å². The van der Waals surface area contributed by atoms with Crippen molar-refractivity contribution < 1.29 is 14.3 Å². The van der Waals surface area contributed by atoms with Crippen LogP contribution in [0.2, 0.25) is 0 Å². The lowest BCUT2D eigenvalue weighted by Crippen LogP contribution is -2.47. The minimum Gasteiger partial charge on any atom is -0.379 e. The van der Waals surface area contributed by atoms with E-state index in [4.69, 9.17) is 15.2 Å². The average Bonchev–Trinajstić information content (AvgIpc) is 3.19. The molecule has 0 aliphatic heterocycles. The van der Waals surface area contributed by atoms with Crippen LogP contribution in [0.4, 0.5) is 0 Å². The van der Waals surface area contributed by atoms with E-state index in [1.165, 1.54) is 158 Å². The van der Waals surface area contributed by atoms with Crippen LogP contribution in [-0.2, 0) is 20.8 Å². The maximum atomic E-state index is 13.6. The highest BCUT2D eigenvalue weighted by Crippen LogP contribution is 2.17. The van der Waals surface area contributed by atoms with Crippen LogP contribution in [0.25, 0.3) is 10.8 Å². The lowest BCUT2D eigenvalue weighted by molar-refractivity contribution is -0.124. The maximum absolute atomic E-state index is 13.6. The first-order valence-corrected chi connectivity index (χ1v) is 23.1. The van der Waals surface area contributed by atoms with Crippen LogP contribution in [-0.4, -0.2) is 51.0 Å². The number of rotatable bonds is 39. The van der Waals surface area contributed by atoms with Crippen LogP contribution in [0.1, 0.15) is 193 Å². The van der Waals surface area contributed by atoms with Crippen molar-refractivity contribution >= 4 is 16.7 Å². The summed E-state index contributed by atoms with van der Waals surface area (Å²) >= 11 is 0. The topological polar surface area (TPSA) is 85.6 Å². The summed E-state index contributed by atoms with van der Waals surface area (Å²) in [5.74, 6) is 0.0349. The summed E-state index contributed by atoms with van der Waals surface area (Å²) in [6.07, 6.45) is 34.5. The van der Waals surface area contributed by atoms with Crippen molar-refractivity contribution in [3.8, 4) is 0 Å². The summed E-state index contributed by atoms with van der Waals surface area (Å²) in [4.78, 5) is 13.6. The molecular formula is C48H85N3O3. The van der Waals surface area contributed by atoms with Crippen molar-refractivity contribution in [1.29, 1.82) is 0 Å². The Labute approximate surface area is 333 Å². The molecule has 2 aromatic carbocycles. The van der Waals surface area contributed by atoms with Gasteiger partial charge in [0.15, 0.2) is 0 Å².